The van der Waals surface area contributed by atoms with E-state index in [1.165, 1.54) is 0 Å². The third-order valence-electron chi connectivity index (χ3n) is 2.41. The van der Waals surface area contributed by atoms with Crippen molar-refractivity contribution >= 4 is 22.9 Å². The van der Waals surface area contributed by atoms with Crippen LogP contribution in [0, 0.1) is 0 Å². The highest BCUT2D eigenvalue weighted by molar-refractivity contribution is 5.94. The summed E-state index contributed by atoms with van der Waals surface area (Å²) < 4.78 is 0. The van der Waals surface area contributed by atoms with Crippen molar-refractivity contribution in [3.05, 3.63) is 24.3 Å². The first-order valence-electron chi connectivity index (χ1n) is 5.22. The molecule has 5 nitrogen and oxygen atoms in total. The van der Waals surface area contributed by atoms with E-state index < -0.39 is 6.04 Å². The molecular formula is C11H14N4O. The van der Waals surface area contributed by atoms with Crippen LogP contribution in [-0.2, 0) is 4.79 Å². The largest absolute Gasteiger partial charge is 0.324 e. The number of hydrogen-bond acceptors (Lipinski definition) is 3. The molecule has 5 heteroatoms. The van der Waals surface area contributed by atoms with Gasteiger partial charge in [0.2, 0.25) is 11.9 Å². The van der Waals surface area contributed by atoms with Gasteiger partial charge in [-0.05, 0) is 18.6 Å². The van der Waals surface area contributed by atoms with Gasteiger partial charge in [0.1, 0.15) is 0 Å². The fraction of sp³-hybridized carbons (Fsp3) is 0.273. The smallest absolute Gasteiger partial charge is 0.243 e. The second-order valence-corrected chi connectivity index (χ2v) is 3.61. The Balaban J connectivity index is 2.18. The maximum atomic E-state index is 11.5. The number of fused-ring (bicyclic) bond motifs is 1. The second kappa shape index (κ2) is 4.32. The van der Waals surface area contributed by atoms with Gasteiger partial charge in [-0.3, -0.25) is 10.1 Å². The molecule has 0 saturated carbocycles. The molecule has 1 amide bonds. The molecule has 0 fully saturated rings. The molecule has 0 aliphatic heterocycles. The highest BCUT2D eigenvalue weighted by Crippen LogP contribution is 2.13. The summed E-state index contributed by atoms with van der Waals surface area (Å²) in [6.07, 6.45) is 0.603. The minimum Gasteiger partial charge on any atom is -0.324 e. The Hall–Kier alpha value is -1.88. The van der Waals surface area contributed by atoms with E-state index in [-0.39, 0.29) is 5.91 Å². The molecule has 16 heavy (non-hydrogen) atoms. The molecule has 0 bridgehead atoms. The minimum atomic E-state index is -0.492. The van der Waals surface area contributed by atoms with Crippen molar-refractivity contribution in [2.45, 2.75) is 19.4 Å². The number of benzene rings is 1. The minimum absolute atomic E-state index is 0.221. The molecule has 0 radical (unpaired) electrons. The van der Waals surface area contributed by atoms with E-state index in [0.717, 1.165) is 11.0 Å². The first-order valence-corrected chi connectivity index (χ1v) is 5.22. The van der Waals surface area contributed by atoms with Crippen LogP contribution in [0.2, 0.25) is 0 Å². The monoisotopic (exact) mass is 218 g/mol. The number of nitrogens with zero attached hydrogens (tertiary/aromatic N) is 1. The van der Waals surface area contributed by atoms with Gasteiger partial charge in [0.25, 0.3) is 0 Å². The number of hydrogen-bond donors (Lipinski definition) is 3. The van der Waals surface area contributed by atoms with E-state index in [1.807, 2.05) is 31.2 Å². The molecule has 0 spiro atoms. The lowest BCUT2D eigenvalue weighted by Crippen LogP contribution is -2.35. The number of rotatable bonds is 3. The Morgan fingerprint density at radius 3 is 3.00 bits per heavy atom. The van der Waals surface area contributed by atoms with E-state index in [1.54, 1.807) is 0 Å². The highest BCUT2D eigenvalue weighted by atomic mass is 16.2. The molecule has 2 rings (SSSR count). The number of aromatic amines is 1. The average molecular weight is 218 g/mol. The molecule has 0 aliphatic rings. The number of H-pyrrole nitrogens is 1. The summed E-state index contributed by atoms with van der Waals surface area (Å²) >= 11 is 0. The van der Waals surface area contributed by atoms with E-state index in [4.69, 9.17) is 5.73 Å². The fourth-order valence-corrected chi connectivity index (χ4v) is 1.41. The third-order valence-corrected chi connectivity index (χ3v) is 2.41. The van der Waals surface area contributed by atoms with Gasteiger partial charge < -0.3 is 10.7 Å². The lowest BCUT2D eigenvalue weighted by molar-refractivity contribution is -0.117. The Morgan fingerprint density at radius 1 is 1.56 bits per heavy atom. The van der Waals surface area contributed by atoms with E-state index in [0.29, 0.717) is 12.4 Å². The van der Waals surface area contributed by atoms with Crippen LogP contribution in [0.25, 0.3) is 11.0 Å². The Kier molecular flexibility index (Phi) is 2.87. The van der Waals surface area contributed by atoms with Gasteiger partial charge in [-0.25, -0.2) is 4.98 Å². The molecule has 0 aliphatic carbocycles. The van der Waals surface area contributed by atoms with Crippen LogP contribution in [0.5, 0.6) is 0 Å². The lowest BCUT2D eigenvalue weighted by Gasteiger charge is -2.06. The molecule has 1 atom stereocenters. The third kappa shape index (κ3) is 2.04. The van der Waals surface area contributed by atoms with Crippen LogP contribution in [0.15, 0.2) is 24.3 Å². The summed E-state index contributed by atoms with van der Waals surface area (Å²) in [5.41, 5.74) is 7.32. The standard InChI is InChI=1S/C11H14N4O/c1-2-7(12)10(16)15-11-13-8-5-3-4-6-9(8)14-11/h3-7H,2,12H2,1H3,(H2,13,14,15,16). The SMILES string of the molecule is CCC(N)C(=O)Nc1nc2ccccc2[nH]1. The Bertz CT molecular complexity index is 472. The molecule has 4 N–H and O–H groups in total. The maximum Gasteiger partial charge on any atom is 0.243 e. The van der Waals surface area contributed by atoms with E-state index >= 15 is 0 Å². The van der Waals surface area contributed by atoms with E-state index in [9.17, 15) is 4.79 Å². The second-order valence-electron chi connectivity index (χ2n) is 3.61. The van der Waals surface area contributed by atoms with Crippen LogP contribution in [0.1, 0.15) is 13.3 Å². The van der Waals surface area contributed by atoms with Crippen LogP contribution in [0.3, 0.4) is 0 Å². The Morgan fingerprint density at radius 2 is 2.31 bits per heavy atom. The summed E-state index contributed by atoms with van der Waals surface area (Å²) in [7, 11) is 0. The number of nitrogens with two attached hydrogens (primary N) is 1. The molecule has 1 unspecified atom stereocenters. The molecule has 1 aromatic heterocycles. The molecule has 1 heterocycles. The normalized spacial score (nSPS) is 12.6. The summed E-state index contributed by atoms with van der Waals surface area (Å²) in [6, 6.07) is 7.09. The topological polar surface area (TPSA) is 83.8 Å². The zero-order valence-corrected chi connectivity index (χ0v) is 9.03. The number of carbonyl (C=O) groups excluding carboxylic acids is 1. The van der Waals surface area contributed by atoms with Gasteiger partial charge in [0, 0.05) is 0 Å². The Labute approximate surface area is 93.1 Å². The number of nitrogens with one attached hydrogen (secondary N) is 2. The maximum absolute atomic E-state index is 11.5. The summed E-state index contributed by atoms with van der Waals surface area (Å²) in [5.74, 6) is 0.219. The zero-order valence-electron chi connectivity index (χ0n) is 9.03. The van der Waals surface area contributed by atoms with Crippen LogP contribution < -0.4 is 11.1 Å². The van der Waals surface area contributed by atoms with Crippen LogP contribution >= 0.6 is 0 Å². The fourth-order valence-electron chi connectivity index (χ4n) is 1.41. The number of carbonyl (C=O) groups is 1. The quantitative estimate of drug-likeness (QED) is 0.724. The zero-order chi connectivity index (χ0) is 11.5. The summed E-state index contributed by atoms with van der Waals surface area (Å²) in [4.78, 5) is 18.8. The number of imidazole rings is 1. The van der Waals surface area contributed by atoms with Gasteiger partial charge >= 0.3 is 0 Å². The average Bonchev–Trinajstić information content (AvgIpc) is 2.69. The predicted molar refractivity (Wildman–Crippen MR) is 63.0 cm³/mol. The first-order chi connectivity index (χ1) is 7.70. The number of anilines is 1. The van der Waals surface area contributed by atoms with Crippen molar-refractivity contribution in [1.82, 2.24) is 9.97 Å². The van der Waals surface area contributed by atoms with Crippen molar-refractivity contribution in [2.75, 3.05) is 5.32 Å². The van der Waals surface area contributed by atoms with Gasteiger partial charge in [-0.15, -0.1) is 0 Å². The number of para-hydroxylation sites is 2. The number of amides is 1. The van der Waals surface area contributed by atoms with Crippen LogP contribution in [-0.4, -0.2) is 21.9 Å². The highest BCUT2D eigenvalue weighted by Gasteiger charge is 2.12. The van der Waals surface area contributed by atoms with Gasteiger partial charge in [0.15, 0.2) is 0 Å². The molecule has 2 aromatic rings. The summed E-state index contributed by atoms with van der Waals surface area (Å²) in [6.45, 7) is 1.86. The van der Waals surface area contributed by atoms with Crippen molar-refractivity contribution in [3.8, 4) is 0 Å². The van der Waals surface area contributed by atoms with E-state index in [2.05, 4.69) is 15.3 Å². The molecule has 0 saturated heterocycles. The van der Waals surface area contributed by atoms with Gasteiger partial charge in [-0.1, -0.05) is 19.1 Å². The molecule has 1 aromatic carbocycles. The van der Waals surface area contributed by atoms with Crippen molar-refractivity contribution in [3.63, 3.8) is 0 Å². The van der Waals surface area contributed by atoms with Crippen LogP contribution in [0.4, 0.5) is 5.95 Å². The summed E-state index contributed by atoms with van der Waals surface area (Å²) in [5, 5.41) is 2.65. The lowest BCUT2D eigenvalue weighted by atomic mass is 10.2. The molecular weight excluding hydrogens is 204 g/mol. The molecule has 84 valence electrons. The number of aromatic nitrogens is 2. The van der Waals surface area contributed by atoms with Crippen molar-refractivity contribution < 1.29 is 4.79 Å². The van der Waals surface area contributed by atoms with Gasteiger partial charge in [0.05, 0.1) is 17.1 Å². The predicted octanol–water partition coefficient (Wildman–Crippen LogP) is 1.24. The van der Waals surface area contributed by atoms with Crippen molar-refractivity contribution in [1.29, 1.82) is 0 Å². The first kappa shape index (κ1) is 10.6. The van der Waals surface area contributed by atoms with Crippen molar-refractivity contribution in [2.24, 2.45) is 5.73 Å². The van der Waals surface area contributed by atoms with Gasteiger partial charge in [-0.2, -0.15) is 0 Å².